The van der Waals surface area contributed by atoms with Crippen molar-refractivity contribution < 1.29 is 42.4 Å². The van der Waals surface area contributed by atoms with Crippen LogP contribution in [-0.2, 0) is 30.3 Å². The number of aliphatic hydroxyl groups excluding tert-OH is 2. The van der Waals surface area contributed by atoms with Gasteiger partial charge in [0.25, 0.3) is 5.56 Å². The number of rotatable bonds is 8. The molecule has 0 spiro atoms. The van der Waals surface area contributed by atoms with E-state index in [1.54, 1.807) is 6.07 Å². The zero-order chi connectivity index (χ0) is 29.9. The van der Waals surface area contributed by atoms with Crippen LogP contribution < -0.4 is 17.0 Å². The average molecular weight is 633 g/mol. The van der Waals surface area contributed by atoms with Crippen molar-refractivity contribution in [2.75, 3.05) is 24.7 Å². The van der Waals surface area contributed by atoms with Crippen molar-refractivity contribution in [3.8, 4) is 0 Å². The second-order valence-corrected chi connectivity index (χ2v) is 12.2. The van der Waals surface area contributed by atoms with E-state index in [-0.39, 0.29) is 28.6 Å². The number of aromatic amines is 1. The third-order valence-corrected chi connectivity index (χ3v) is 8.36. The average Bonchev–Trinajstić information content (AvgIpc) is 3.69. The number of aliphatic hydroxyl groups is 2. The Morgan fingerprint density at radius 1 is 1.17 bits per heavy atom. The number of ether oxygens (including phenoxy) is 2. The number of nitrogens with one attached hydrogen (secondary N) is 1. The Morgan fingerprint density at radius 2 is 1.93 bits per heavy atom. The molecular weight excluding hydrogens is 609 g/mol. The number of nitrogen functional groups attached to an aromatic ring is 2. The fourth-order valence-electron chi connectivity index (χ4n) is 4.79. The Balaban J connectivity index is 1.19. The molecule has 226 valence electrons. The second kappa shape index (κ2) is 10.8. The summed E-state index contributed by atoms with van der Waals surface area (Å²) in [5.74, 6) is -0.125. The maximum Gasteiger partial charge on any atom is 0.325 e. The molecule has 2 aliphatic rings. The van der Waals surface area contributed by atoms with Crippen molar-refractivity contribution in [1.82, 2.24) is 39.5 Å². The van der Waals surface area contributed by atoms with Gasteiger partial charge in [-0.2, -0.15) is 9.67 Å². The lowest BCUT2D eigenvalue weighted by atomic mass is 10.1. The van der Waals surface area contributed by atoms with Crippen LogP contribution in [-0.4, -0.2) is 105 Å². The van der Waals surface area contributed by atoms with E-state index in [1.807, 2.05) is 0 Å². The van der Waals surface area contributed by atoms with Gasteiger partial charge in [0, 0.05) is 6.20 Å². The zero-order valence-electron chi connectivity index (χ0n) is 21.0. The molecule has 6 heterocycles. The molecule has 0 aromatic carbocycles. The minimum Gasteiger partial charge on any atom is -0.394 e. The van der Waals surface area contributed by atoms with Gasteiger partial charge in [-0.25, -0.2) is 18.7 Å². The van der Waals surface area contributed by atoms with Crippen LogP contribution in [0.3, 0.4) is 0 Å². The van der Waals surface area contributed by atoms with Gasteiger partial charge in [-0.3, -0.25) is 14.3 Å². The maximum absolute atomic E-state index is 15.3. The van der Waals surface area contributed by atoms with Crippen LogP contribution in [0.2, 0.25) is 0 Å². The van der Waals surface area contributed by atoms with Gasteiger partial charge in [0.2, 0.25) is 5.95 Å². The van der Waals surface area contributed by atoms with Crippen molar-refractivity contribution in [3.05, 3.63) is 28.9 Å². The molecule has 1 unspecified atom stereocenters. The second-order valence-electron chi connectivity index (χ2n) is 9.40. The van der Waals surface area contributed by atoms with E-state index in [0.717, 1.165) is 4.68 Å². The van der Waals surface area contributed by atoms with E-state index in [2.05, 4.69) is 30.2 Å². The van der Waals surface area contributed by atoms with E-state index < -0.39 is 74.7 Å². The number of anilines is 2. The highest BCUT2D eigenvalue weighted by molar-refractivity contribution is 8.07. The smallest absolute Gasteiger partial charge is 0.325 e. The molecule has 9 atom stereocenters. The van der Waals surface area contributed by atoms with Crippen LogP contribution in [0.25, 0.3) is 22.2 Å². The maximum atomic E-state index is 15.3. The molecular formula is C20H23F2N10O8PS. The van der Waals surface area contributed by atoms with Crippen LogP contribution in [0.5, 0.6) is 0 Å². The molecule has 4 aromatic heterocycles. The Kier molecular flexibility index (Phi) is 7.40. The van der Waals surface area contributed by atoms with Gasteiger partial charge in [0.1, 0.15) is 42.2 Å². The van der Waals surface area contributed by atoms with Crippen LogP contribution in [0.15, 0.2) is 23.4 Å². The largest absolute Gasteiger partial charge is 0.394 e. The van der Waals surface area contributed by atoms with Gasteiger partial charge in [0.05, 0.1) is 18.6 Å². The lowest BCUT2D eigenvalue weighted by Crippen LogP contribution is -2.33. The monoisotopic (exact) mass is 632 g/mol. The first-order valence-corrected chi connectivity index (χ1v) is 14.8. The van der Waals surface area contributed by atoms with Crippen molar-refractivity contribution in [2.45, 2.75) is 49.2 Å². The molecule has 0 bridgehead atoms. The van der Waals surface area contributed by atoms with Gasteiger partial charge in [-0.15, -0.1) is 5.10 Å². The van der Waals surface area contributed by atoms with Crippen molar-refractivity contribution in [2.24, 2.45) is 0 Å². The molecule has 22 heteroatoms. The number of nitrogens with two attached hydrogens (primary N) is 2. The third-order valence-electron chi connectivity index (χ3n) is 6.80. The number of fused-ring (bicyclic) bond motifs is 2. The van der Waals surface area contributed by atoms with Crippen LogP contribution >= 0.6 is 6.72 Å². The summed E-state index contributed by atoms with van der Waals surface area (Å²) in [5.41, 5.74) is 10.5. The molecule has 2 fully saturated rings. The number of halogens is 2. The summed E-state index contributed by atoms with van der Waals surface area (Å²) in [7, 11) is 0. The van der Waals surface area contributed by atoms with E-state index >= 15 is 8.78 Å². The predicted octanol–water partition coefficient (Wildman–Crippen LogP) is -1.43. The van der Waals surface area contributed by atoms with Gasteiger partial charge in [0.15, 0.2) is 36.0 Å². The summed E-state index contributed by atoms with van der Waals surface area (Å²) in [5, 5.41) is 28.0. The van der Waals surface area contributed by atoms with Crippen molar-refractivity contribution >= 4 is 52.5 Å². The summed E-state index contributed by atoms with van der Waals surface area (Å²) >= 11 is 5.05. The first-order chi connectivity index (χ1) is 20.0. The fraction of sp³-hybridized carbons (Fsp3) is 0.500. The summed E-state index contributed by atoms with van der Waals surface area (Å²) in [6, 6.07) is 1.56. The van der Waals surface area contributed by atoms with Crippen LogP contribution in [0.1, 0.15) is 12.5 Å². The summed E-state index contributed by atoms with van der Waals surface area (Å²) in [6.45, 7) is -5.80. The topological polar surface area (TPSA) is 257 Å². The number of hydrogen-bond donors (Lipinski definition) is 6. The summed E-state index contributed by atoms with van der Waals surface area (Å²) in [6.07, 6.45) is -10.5. The Labute approximate surface area is 237 Å². The fourth-order valence-corrected chi connectivity index (χ4v) is 6.20. The summed E-state index contributed by atoms with van der Waals surface area (Å²) < 4.78 is 54.5. The highest BCUT2D eigenvalue weighted by Gasteiger charge is 2.51. The van der Waals surface area contributed by atoms with Crippen LogP contribution in [0, 0.1) is 0 Å². The number of hydrogen-bond acceptors (Lipinski definition) is 15. The minimum atomic E-state index is -4.36. The molecule has 0 saturated carbocycles. The first-order valence-electron chi connectivity index (χ1n) is 12.2. The zero-order valence-corrected chi connectivity index (χ0v) is 22.8. The standard InChI is InChI=1S/C20H23F2N10O8PS/c21-9-7(3-33)38-19(32-16-11(29-30-32)17(35)28-20(24)27-16)13(9)40-41(36,42)37-4-8-12(34)10(22)18(39-8)31-2-1-6-14(23)25-5-26-15(6)31/h1-2,5,7-10,12-13,18-19,33-34H,3-4H2,(H,36,42)(H2,23,25,26)(H3,24,27,28,35)/t7-,8-,9-,10+,12-,13-,18-,19-,41?/m1/s1. The molecule has 8 N–H and O–H groups in total. The molecule has 2 saturated heterocycles. The predicted molar refractivity (Wildman–Crippen MR) is 140 cm³/mol. The van der Waals surface area contributed by atoms with Gasteiger partial charge in [-0.05, 0) is 17.9 Å². The first kappa shape index (κ1) is 28.8. The SMILES string of the molecule is Nc1nc2c(nnn2[C@@H]2O[C@H](CO)[C@@H](F)[C@H]2OP(O)(=S)OC[C@H]2O[C@@H](n3ccc4c(N)ncnc43)[C@@H](F)[C@@H]2O)c(=O)[nH]1. The van der Waals surface area contributed by atoms with Crippen molar-refractivity contribution in [3.63, 3.8) is 0 Å². The van der Waals surface area contributed by atoms with E-state index in [4.69, 9.17) is 41.8 Å². The number of aromatic nitrogens is 8. The third kappa shape index (κ3) is 4.91. The number of alkyl halides is 2. The van der Waals surface area contributed by atoms with Gasteiger partial charge in [-0.1, -0.05) is 5.21 Å². The molecule has 4 aromatic rings. The molecule has 18 nitrogen and oxygen atoms in total. The lowest BCUT2D eigenvalue weighted by Gasteiger charge is -2.25. The Bertz CT molecular complexity index is 1740. The Hall–Kier alpha value is -3.27. The number of H-pyrrole nitrogens is 1. The molecule has 0 amide bonds. The molecule has 0 radical (unpaired) electrons. The Morgan fingerprint density at radius 3 is 2.69 bits per heavy atom. The highest BCUT2D eigenvalue weighted by Crippen LogP contribution is 2.51. The summed E-state index contributed by atoms with van der Waals surface area (Å²) in [4.78, 5) is 37.1. The minimum absolute atomic E-state index is 0.166. The molecule has 0 aliphatic carbocycles. The lowest BCUT2D eigenvalue weighted by molar-refractivity contribution is -0.0596. The number of nitrogens with zero attached hydrogens (tertiary/aromatic N) is 7. The normalized spacial score (nSPS) is 31.3. The van der Waals surface area contributed by atoms with E-state index in [0.29, 0.717) is 5.39 Å². The van der Waals surface area contributed by atoms with Gasteiger partial charge >= 0.3 is 6.72 Å². The quantitative estimate of drug-likeness (QED) is 0.122. The molecule has 6 rings (SSSR count). The van der Waals surface area contributed by atoms with E-state index in [1.165, 1.54) is 17.1 Å². The van der Waals surface area contributed by atoms with Crippen molar-refractivity contribution in [1.29, 1.82) is 0 Å². The van der Waals surface area contributed by atoms with E-state index in [9.17, 15) is 19.9 Å². The van der Waals surface area contributed by atoms with Crippen LogP contribution in [0.4, 0.5) is 20.5 Å². The molecule has 2 aliphatic heterocycles. The van der Waals surface area contributed by atoms with Gasteiger partial charge < -0.3 is 45.1 Å². The highest BCUT2D eigenvalue weighted by atomic mass is 32.5. The molecule has 42 heavy (non-hydrogen) atoms.